The first-order valence-corrected chi connectivity index (χ1v) is 7.35. The summed E-state index contributed by atoms with van der Waals surface area (Å²) in [5.74, 6) is 0.0632. The fourth-order valence-corrected chi connectivity index (χ4v) is 2.91. The van der Waals surface area contributed by atoms with Gasteiger partial charge in [0.15, 0.2) is 0 Å². The van der Waals surface area contributed by atoms with E-state index in [9.17, 15) is 9.90 Å². The standard InChI is InChI=1S/C14H19BrN2O2/c1-3-12-14(19)16-6-7-17(12)13-5-4-10(15)8-11(13)9(2)18/h4-5,8-9,12,18H,3,6-7H2,1-2H3,(H,16,19). The van der Waals surface area contributed by atoms with Gasteiger partial charge in [-0.25, -0.2) is 0 Å². The highest BCUT2D eigenvalue weighted by Gasteiger charge is 2.29. The fraction of sp³-hybridized carbons (Fsp3) is 0.500. The van der Waals surface area contributed by atoms with Gasteiger partial charge in [0.25, 0.3) is 0 Å². The number of carbonyl (C=O) groups excluding carboxylic acids is 1. The first-order valence-electron chi connectivity index (χ1n) is 6.56. The Morgan fingerprint density at radius 3 is 2.95 bits per heavy atom. The van der Waals surface area contributed by atoms with Gasteiger partial charge in [-0.05, 0) is 31.5 Å². The first-order chi connectivity index (χ1) is 9.04. The number of nitrogens with zero attached hydrogens (tertiary/aromatic N) is 1. The maximum atomic E-state index is 11.9. The minimum absolute atomic E-state index is 0.0632. The molecule has 1 aromatic carbocycles. The van der Waals surface area contributed by atoms with Gasteiger partial charge in [-0.15, -0.1) is 0 Å². The number of hydrogen-bond acceptors (Lipinski definition) is 3. The fourth-order valence-electron chi connectivity index (χ4n) is 2.53. The van der Waals surface area contributed by atoms with Crippen LogP contribution in [0.2, 0.25) is 0 Å². The summed E-state index contributed by atoms with van der Waals surface area (Å²) in [5.41, 5.74) is 1.79. The molecule has 1 amide bonds. The van der Waals surface area contributed by atoms with Crippen LogP contribution in [0.1, 0.15) is 31.9 Å². The average molecular weight is 327 g/mol. The highest BCUT2D eigenvalue weighted by Crippen LogP contribution is 2.31. The molecule has 1 aliphatic heterocycles. The molecule has 1 aliphatic rings. The highest BCUT2D eigenvalue weighted by atomic mass is 79.9. The Morgan fingerprint density at radius 1 is 1.58 bits per heavy atom. The van der Waals surface area contributed by atoms with Crippen LogP contribution in [-0.4, -0.2) is 30.1 Å². The van der Waals surface area contributed by atoms with Crippen molar-refractivity contribution in [2.45, 2.75) is 32.4 Å². The summed E-state index contributed by atoms with van der Waals surface area (Å²) in [6.07, 6.45) is 0.191. The molecule has 1 heterocycles. The molecular formula is C14H19BrN2O2. The van der Waals surface area contributed by atoms with Crippen molar-refractivity contribution in [1.82, 2.24) is 5.32 Å². The largest absolute Gasteiger partial charge is 0.389 e. The van der Waals surface area contributed by atoms with Crippen molar-refractivity contribution in [3.63, 3.8) is 0 Å². The van der Waals surface area contributed by atoms with Crippen LogP contribution in [0.25, 0.3) is 0 Å². The van der Waals surface area contributed by atoms with E-state index in [2.05, 4.69) is 26.1 Å². The van der Waals surface area contributed by atoms with Gasteiger partial charge >= 0.3 is 0 Å². The van der Waals surface area contributed by atoms with Gasteiger partial charge in [0, 0.05) is 28.8 Å². The number of nitrogens with one attached hydrogen (secondary N) is 1. The molecule has 104 valence electrons. The molecule has 2 rings (SSSR count). The SMILES string of the molecule is CCC1C(=O)NCCN1c1ccc(Br)cc1C(C)O. The molecule has 19 heavy (non-hydrogen) atoms. The molecule has 0 radical (unpaired) electrons. The normalized spacial score (nSPS) is 21.2. The molecule has 0 aliphatic carbocycles. The van der Waals surface area contributed by atoms with Gasteiger partial charge in [0.05, 0.1) is 6.10 Å². The summed E-state index contributed by atoms with van der Waals surface area (Å²) in [5, 5.41) is 12.8. The van der Waals surface area contributed by atoms with E-state index in [1.165, 1.54) is 0 Å². The predicted octanol–water partition coefficient (Wildman–Crippen LogP) is 2.22. The molecule has 4 nitrogen and oxygen atoms in total. The second-order valence-electron chi connectivity index (χ2n) is 4.79. The van der Waals surface area contributed by atoms with E-state index in [-0.39, 0.29) is 11.9 Å². The van der Waals surface area contributed by atoms with Gasteiger partial charge in [-0.3, -0.25) is 4.79 Å². The van der Waals surface area contributed by atoms with Gasteiger partial charge in [0.2, 0.25) is 5.91 Å². The number of amides is 1. The first kappa shape index (κ1) is 14.3. The van der Waals surface area contributed by atoms with Crippen molar-refractivity contribution >= 4 is 27.5 Å². The third-order valence-electron chi connectivity index (χ3n) is 3.47. The topological polar surface area (TPSA) is 52.6 Å². The molecule has 0 saturated carbocycles. The molecule has 0 aromatic heterocycles. The van der Waals surface area contributed by atoms with Gasteiger partial charge in [0.1, 0.15) is 6.04 Å². The van der Waals surface area contributed by atoms with Crippen LogP contribution in [-0.2, 0) is 4.79 Å². The second-order valence-corrected chi connectivity index (χ2v) is 5.70. The Labute approximate surface area is 121 Å². The molecule has 2 N–H and O–H groups in total. The van der Waals surface area contributed by atoms with E-state index < -0.39 is 6.10 Å². The average Bonchev–Trinajstić information content (AvgIpc) is 2.38. The Hall–Kier alpha value is -1.07. The Bertz CT molecular complexity index is 477. The van der Waals surface area contributed by atoms with E-state index in [0.29, 0.717) is 6.54 Å². The van der Waals surface area contributed by atoms with Crippen LogP contribution >= 0.6 is 15.9 Å². The summed E-state index contributed by atoms with van der Waals surface area (Å²) < 4.78 is 0.932. The lowest BCUT2D eigenvalue weighted by molar-refractivity contribution is -0.123. The summed E-state index contributed by atoms with van der Waals surface area (Å²) in [6, 6.07) is 5.67. The summed E-state index contributed by atoms with van der Waals surface area (Å²) >= 11 is 3.42. The Kier molecular flexibility index (Phi) is 4.47. The Morgan fingerprint density at radius 2 is 2.32 bits per heavy atom. The zero-order valence-electron chi connectivity index (χ0n) is 11.2. The lowest BCUT2D eigenvalue weighted by Gasteiger charge is -2.37. The molecular weight excluding hydrogens is 308 g/mol. The van der Waals surface area contributed by atoms with Crippen LogP contribution in [0.4, 0.5) is 5.69 Å². The Balaban J connectivity index is 2.42. The van der Waals surface area contributed by atoms with Crippen molar-refractivity contribution in [3.8, 4) is 0 Å². The second kappa shape index (κ2) is 5.92. The molecule has 2 unspecified atom stereocenters. The summed E-state index contributed by atoms with van der Waals surface area (Å²) in [6.45, 7) is 5.16. The molecule has 1 saturated heterocycles. The molecule has 2 atom stereocenters. The maximum Gasteiger partial charge on any atom is 0.242 e. The number of carbonyl (C=O) groups is 1. The van der Waals surface area contributed by atoms with E-state index in [4.69, 9.17) is 0 Å². The number of hydrogen-bond donors (Lipinski definition) is 2. The summed E-state index contributed by atoms with van der Waals surface area (Å²) in [4.78, 5) is 14.0. The zero-order chi connectivity index (χ0) is 14.0. The highest BCUT2D eigenvalue weighted by molar-refractivity contribution is 9.10. The van der Waals surface area contributed by atoms with Crippen LogP contribution in [0.3, 0.4) is 0 Å². The minimum atomic E-state index is -0.560. The number of rotatable bonds is 3. The molecule has 1 aromatic rings. The van der Waals surface area contributed by atoms with E-state index >= 15 is 0 Å². The van der Waals surface area contributed by atoms with Crippen molar-refractivity contribution < 1.29 is 9.90 Å². The van der Waals surface area contributed by atoms with Crippen molar-refractivity contribution in [2.75, 3.05) is 18.0 Å². The van der Waals surface area contributed by atoms with Gasteiger partial charge in [-0.1, -0.05) is 22.9 Å². The quantitative estimate of drug-likeness (QED) is 0.895. The predicted molar refractivity (Wildman–Crippen MR) is 79.2 cm³/mol. The molecule has 5 heteroatoms. The van der Waals surface area contributed by atoms with E-state index in [1.54, 1.807) is 6.92 Å². The van der Waals surface area contributed by atoms with Crippen LogP contribution in [0, 0.1) is 0 Å². The minimum Gasteiger partial charge on any atom is -0.389 e. The number of aliphatic hydroxyl groups is 1. The molecule has 0 spiro atoms. The number of piperazine rings is 1. The van der Waals surface area contributed by atoms with E-state index in [1.807, 2.05) is 25.1 Å². The lowest BCUT2D eigenvalue weighted by atomic mass is 10.0. The van der Waals surface area contributed by atoms with Crippen LogP contribution in [0.5, 0.6) is 0 Å². The molecule has 0 bridgehead atoms. The van der Waals surface area contributed by atoms with Crippen LogP contribution in [0.15, 0.2) is 22.7 Å². The zero-order valence-corrected chi connectivity index (χ0v) is 12.8. The number of anilines is 1. The van der Waals surface area contributed by atoms with Crippen molar-refractivity contribution in [1.29, 1.82) is 0 Å². The summed E-state index contributed by atoms with van der Waals surface area (Å²) in [7, 11) is 0. The lowest BCUT2D eigenvalue weighted by Crippen LogP contribution is -2.55. The van der Waals surface area contributed by atoms with Crippen LogP contribution < -0.4 is 10.2 Å². The van der Waals surface area contributed by atoms with E-state index in [0.717, 1.165) is 28.7 Å². The van der Waals surface area contributed by atoms with Crippen molar-refractivity contribution in [3.05, 3.63) is 28.2 Å². The number of benzene rings is 1. The number of halogens is 1. The third-order valence-corrected chi connectivity index (χ3v) is 3.96. The molecule has 1 fully saturated rings. The maximum absolute atomic E-state index is 11.9. The van der Waals surface area contributed by atoms with Gasteiger partial charge in [-0.2, -0.15) is 0 Å². The smallest absolute Gasteiger partial charge is 0.242 e. The van der Waals surface area contributed by atoms with Gasteiger partial charge < -0.3 is 15.3 Å². The van der Waals surface area contributed by atoms with Crippen molar-refractivity contribution in [2.24, 2.45) is 0 Å². The third kappa shape index (κ3) is 2.92. The number of aliphatic hydroxyl groups excluding tert-OH is 1. The monoisotopic (exact) mass is 326 g/mol.